The van der Waals surface area contributed by atoms with Gasteiger partial charge in [-0.3, -0.25) is 4.98 Å². The van der Waals surface area contributed by atoms with Gasteiger partial charge in [-0.05, 0) is 47.5 Å². The first-order valence-electron chi connectivity index (χ1n) is 7.19. The van der Waals surface area contributed by atoms with Crippen molar-refractivity contribution in [2.75, 3.05) is 18.0 Å². The third-order valence-corrected chi connectivity index (χ3v) is 3.57. The van der Waals surface area contributed by atoms with E-state index in [1.54, 1.807) is 0 Å². The van der Waals surface area contributed by atoms with E-state index in [2.05, 4.69) is 41.0 Å². The highest BCUT2D eigenvalue weighted by molar-refractivity contribution is 5.45. The van der Waals surface area contributed by atoms with Gasteiger partial charge in [0.1, 0.15) is 0 Å². The summed E-state index contributed by atoms with van der Waals surface area (Å²) in [7, 11) is 0. The number of aryl methyl sites for hydroxylation is 2. The first kappa shape index (κ1) is 14.3. The predicted molar refractivity (Wildman–Crippen MR) is 79.6 cm³/mol. The van der Waals surface area contributed by atoms with E-state index in [4.69, 9.17) is 0 Å². The zero-order chi connectivity index (χ0) is 14.0. The van der Waals surface area contributed by atoms with Gasteiger partial charge in [-0.1, -0.05) is 0 Å². The van der Waals surface area contributed by atoms with E-state index >= 15 is 0 Å². The van der Waals surface area contributed by atoms with Gasteiger partial charge >= 0.3 is 0 Å². The molecule has 2 rings (SSSR count). The van der Waals surface area contributed by atoms with Crippen LogP contribution in [0.2, 0.25) is 0 Å². The Kier molecular flexibility index (Phi) is 4.09. The lowest BCUT2D eigenvalue weighted by molar-refractivity contribution is 0.404. The van der Waals surface area contributed by atoms with E-state index in [1.807, 2.05) is 20.0 Å². The van der Waals surface area contributed by atoms with Crippen molar-refractivity contribution in [2.45, 2.75) is 59.0 Å². The van der Waals surface area contributed by atoms with Gasteiger partial charge in [0.25, 0.3) is 0 Å². The fraction of sp³-hybridized carbons (Fsp3) is 0.733. The van der Waals surface area contributed by atoms with Crippen molar-refractivity contribution in [1.29, 1.82) is 0 Å². The number of aromatic nitrogens is 2. The zero-order valence-corrected chi connectivity index (χ0v) is 12.8. The first-order valence-corrected chi connectivity index (χ1v) is 7.19. The van der Waals surface area contributed by atoms with Crippen LogP contribution in [0.15, 0.2) is 6.20 Å². The van der Waals surface area contributed by atoms with Crippen LogP contribution in [0.1, 0.15) is 45.0 Å². The second-order valence-corrected chi connectivity index (χ2v) is 6.54. The molecule has 1 aromatic rings. The molecule has 1 atom stereocenters. The van der Waals surface area contributed by atoms with Crippen molar-refractivity contribution in [1.82, 2.24) is 15.3 Å². The lowest BCUT2D eigenvalue weighted by Gasteiger charge is -2.30. The fourth-order valence-electron chi connectivity index (χ4n) is 2.55. The van der Waals surface area contributed by atoms with E-state index in [9.17, 15) is 0 Å². The molecule has 1 saturated heterocycles. The number of anilines is 1. The number of hydrogen-bond acceptors (Lipinski definition) is 4. The Morgan fingerprint density at radius 1 is 1.37 bits per heavy atom. The third kappa shape index (κ3) is 3.66. The molecule has 0 radical (unpaired) electrons. The van der Waals surface area contributed by atoms with Crippen molar-refractivity contribution in [3.8, 4) is 0 Å². The Labute approximate surface area is 116 Å². The topological polar surface area (TPSA) is 41.1 Å². The van der Waals surface area contributed by atoms with Crippen molar-refractivity contribution in [3.63, 3.8) is 0 Å². The number of nitrogens with zero attached hydrogens (tertiary/aromatic N) is 3. The number of nitrogens with one attached hydrogen (secondary N) is 1. The summed E-state index contributed by atoms with van der Waals surface area (Å²) in [6.07, 6.45) is 4.32. The molecule has 0 aromatic carbocycles. The van der Waals surface area contributed by atoms with Gasteiger partial charge in [-0.2, -0.15) is 0 Å². The van der Waals surface area contributed by atoms with E-state index in [1.165, 1.54) is 12.8 Å². The maximum atomic E-state index is 4.69. The Bertz CT molecular complexity index is 436. The first-order chi connectivity index (χ1) is 8.87. The van der Waals surface area contributed by atoms with Crippen LogP contribution in [-0.2, 0) is 0 Å². The molecule has 0 spiro atoms. The van der Waals surface area contributed by atoms with Crippen molar-refractivity contribution >= 4 is 5.82 Å². The predicted octanol–water partition coefficient (Wildman–Crippen LogP) is 2.45. The van der Waals surface area contributed by atoms with Crippen molar-refractivity contribution in [2.24, 2.45) is 0 Å². The molecular weight excluding hydrogens is 236 g/mol. The number of rotatable bonds is 3. The lowest BCUT2D eigenvalue weighted by Crippen LogP contribution is -2.45. The lowest BCUT2D eigenvalue weighted by atomic mass is 10.1. The normalized spacial score (nSPS) is 20.1. The minimum absolute atomic E-state index is 0.168. The van der Waals surface area contributed by atoms with Crippen LogP contribution in [0.3, 0.4) is 0 Å². The molecule has 2 heterocycles. The van der Waals surface area contributed by atoms with E-state index in [-0.39, 0.29) is 5.54 Å². The molecule has 0 aliphatic carbocycles. The van der Waals surface area contributed by atoms with E-state index < -0.39 is 0 Å². The molecule has 1 fully saturated rings. The maximum Gasteiger partial charge on any atom is 0.150 e. The van der Waals surface area contributed by atoms with Gasteiger partial charge in [0.05, 0.1) is 11.4 Å². The SMILES string of the molecule is Cc1cnc(C)c(N2CCCC2CNC(C)(C)C)n1. The molecule has 1 aromatic heterocycles. The minimum Gasteiger partial charge on any atom is -0.351 e. The Hall–Kier alpha value is -1.16. The molecule has 106 valence electrons. The van der Waals surface area contributed by atoms with Gasteiger partial charge in [0.2, 0.25) is 0 Å². The Morgan fingerprint density at radius 3 is 2.79 bits per heavy atom. The molecule has 19 heavy (non-hydrogen) atoms. The minimum atomic E-state index is 0.168. The molecule has 0 bridgehead atoms. The van der Waals surface area contributed by atoms with Crippen LogP contribution >= 0.6 is 0 Å². The molecule has 1 unspecified atom stereocenters. The summed E-state index contributed by atoms with van der Waals surface area (Å²) in [5.41, 5.74) is 2.20. The Balaban J connectivity index is 2.12. The average molecular weight is 262 g/mol. The van der Waals surface area contributed by atoms with E-state index in [0.717, 1.165) is 30.3 Å². The second-order valence-electron chi connectivity index (χ2n) is 6.54. The van der Waals surface area contributed by atoms with Crippen LogP contribution in [0.4, 0.5) is 5.82 Å². The molecule has 0 amide bonds. The summed E-state index contributed by atoms with van der Waals surface area (Å²) in [4.78, 5) is 11.6. The smallest absolute Gasteiger partial charge is 0.150 e. The Morgan fingerprint density at radius 2 is 2.11 bits per heavy atom. The zero-order valence-electron chi connectivity index (χ0n) is 12.8. The molecule has 1 aliphatic heterocycles. The van der Waals surface area contributed by atoms with Gasteiger partial charge < -0.3 is 10.2 Å². The molecule has 4 heteroatoms. The molecular formula is C15H26N4. The molecule has 1 N–H and O–H groups in total. The summed E-state index contributed by atoms with van der Waals surface area (Å²) in [6, 6.07) is 0.536. The number of hydrogen-bond donors (Lipinski definition) is 1. The highest BCUT2D eigenvalue weighted by Crippen LogP contribution is 2.25. The second kappa shape index (κ2) is 5.45. The maximum absolute atomic E-state index is 4.69. The van der Waals surface area contributed by atoms with Gasteiger partial charge in [-0.25, -0.2) is 4.98 Å². The highest BCUT2D eigenvalue weighted by Gasteiger charge is 2.28. The summed E-state index contributed by atoms with van der Waals surface area (Å²) in [5, 5.41) is 3.61. The standard InChI is InChI=1S/C15H26N4/c1-11-9-16-12(2)14(18-11)19-8-6-7-13(19)10-17-15(3,4)5/h9,13,17H,6-8,10H2,1-5H3. The van der Waals surface area contributed by atoms with Gasteiger partial charge in [0.15, 0.2) is 5.82 Å². The fourth-order valence-corrected chi connectivity index (χ4v) is 2.55. The quantitative estimate of drug-likeness (QED) is 0.908. The van der Waals surface area contributed by atoms with Crippen LogP contribution in [0, 0.1) is 13.8 Å². The van der Waals surface area contributed by atoms with Gasteiger partial charge in [0, 0.05) is 30.9 Å². The van der Waals surface area contributed by atoms with Crippen LogP contribution in [-0.4, -0.2) is 34.6 Å². The molecule has 1 aliphatic rings. The highest BCUT2D eigenvalue weighted by atomic mass is 15.3. The summed E-state index contributed by atoms with van der Waals surface area (Å²) in [5.74, 6) is 1.07. The molecule has 4 nitrogen and oxygen atoms in total. The van der Waals surface area contributed by atoms with Crippen molar-refractivity contribution < 1.29 is 0 Å². The molecule has 0 saturated carbocycles. The van der Waals surface area contributed by atoms with Crippen LogP contribution < -0.4 is 10.2 Å². The summed E-state index contributed by atoms with van der Waals surface area (Å²) < 4.78 is 0. The summed E-state index contributed by atoms with van der Waals surface area (Å²) >= 11 is 0. The van der Waals surface area contributed by atoms with Gasteiger partial charge in [-0.15, -0.1) is 0 Å². The van der Waals surface area contributed by atoms with Crippen LogP contribution in [0.5, 0.6) is 0 Å². The van der Waals surface area contributed by atoms with Crippen LogP contribution in [0.25, 0.3) is 0 Å². The van der Waals surface area contributed by atoms with Crippen molar-refractivity contribution in [3.05, 3.63) is 17.6 Å². The third-order valence-electron chi connectivity index (χ3n) is 3.57. The monoisotopic (exact) mass is 262 g/mol. The summed E-state index contributed by atoms with van der Waals surface area (Å²) in [6.45, 7) is 12.8. The largest absolute Gasteiger partial charge is 0.351 e. The van der Waals surface area contributed by atoms with E-state index in [0.29, 0.717) is 6.04 Å². The average Bonchev–Trinajstić information content (AvgIpc) is 2.77.